The zero-order chi connectivity index (χ0) is 16.9. The van der Waals surface area contributed by atoms with Crippen molar-refractivity contribution in [2.24, 2.45) is 10.7 Å². The molecule has 23 heavy (non-hydrogen) atoms. The molecular formula is C16H25ClN4O2. The first-order valence-electron chi connectivity index (χ1n) is 7.65. The van der Waals surface area contributed by atoms with Crippen molar-refractivity contribution >= 4 is 23.2 Å². The molecule has 0 spiro atoms. The molecule has 128 valence electrons. The molecule has 3 N–H and O–H groups in total. The number of nitrogens with one attached hydrogen (secondary N) is 1. The van der Waals surface area contributed by atoms with E-state index < -0.39 is 0 Å². The second-order valence-electron chi connectivity index (χ2n) is 6.09. The summed E-state index contributed by atoms with van der Waals surface area (Å²) in [6.45, 7) is 8.32. The van der Waals surface area contributed by atoms with Crippen LogP contribution in [0, 0.1) is 0 Å². The fourth-order valence-corrected chi connectivity index (χ4v) is 2.74. The van der Waals surface area contributed by atoms with Crippen LogP contribution in [0.5, 0.6) is 5.75 Å². The Morgan fingerprint density at radius 1 is 1.43 bits per heavy atom. The molecule has 0 amide bonds. The Morgan fingerprint density at radius 2 is 2.13 bits per heavy atom. The molecule has 0 unspecified atom stereocenters. The number of benzene rings is 1. The average Bonchev–Trinajstić information content (AvgIpc) is 2.54. The van der Waals surface area contributed by atoms with Gasteiger partial charge in [0.2, 0.25) is 0 Å². The van der Waals surface area contributed by atoms with Gasteiger partial charge in [-0.05, 0) is 32.0 Å². The molecule has 0 atom stereocenters. The highest BCUT2D eigenvalue weighted by Gasteiger charge is 2.27. The van der Waals surface area contributed by atoms with Gasteiger partial charge < -0.3 is 20.5 Å². The molecule has 1 saturated heterocycles. The average molecular weight is 341 g/mol. The number of rotatable bonds is 5. The number of nitrogens with two attached hydrogens (primary N) is 1. The van der Waals surface area contributed by atoms with E-state index in [1.807, 2.05) is 6.07 Å². The Bertz CT molecular complexity index is 557. The highest BCUT2D eigenvalue weighted by Crippen LogP contribution is 2.27. The Morgan fingerprint density at radius 3 is 2.74 bits per heavy atom. The summed E-state index contributed by atoms with van der Waals surface area (Å²) in [4.78, 5) is 6.84. The van der Waals surface area contributed by atoms with Crippen LogP contribution in [0.15, 0.2) is 23.2 Å². The molecule has 1 aliphatic heterocycles. The number of halogens is 1. The van der Waals surface area contributed by atoms with Crippen molar-refractivity contribution in [3.63, 3.8) is 0 Å². The van der Waals surface area contributed by atoms with Crippen LogP contribution in [-0.2, 0) is 4.74 Å². The Hall–Kier alpha value is -1.50. The van der Waals surface area contributed by atoms with Gasteiger partial charge in [0.1, 0.15) is 5.75 Å². The van der Waals surface area contributed by atoms with Gasteiger partial charge in [0, 0.05) is 24.3 Å². The number of guanidine groups is 1. The highest BCUT2D eigenvalue weighted by atomic mass is 35.5. The van der Waals surface area contributed by atoms with Crippen molar-refractivity contribution in [1.82, 2.24) is 4.90 Å². The summed E-state index contributed by atoms with van der Waals surface area (Å²) in [5.74, 6) is 0.994. The van der Waals surface area contributed by atoms with Crippen molar-refractivity contribution < 1.29 is 9.47 Å². The summed E-state index contributed by atoms with van der Waals surface area (Å²) in [6, 6.07) is 5.39. The number of methoxy groups -OCH3 is 1. The van der Waals surface area contributed by atoms with E-state index in [1.165, 1.54) is 0 Å². The van der Waals surface area contributed by atoms with E-state index in [0.717, 1.165) is 32.0 Å². The molecule has 1 fully saturated rings. The summed E-state index contributed by atoms with van der Waals surface area (Å²) < 4.78 is 10.5. The van der Waals surface area contributed by atoms with Gasteiger partial charge in [-0.25, -0.2) is 0 Å². The topological polar surface area (TPSA) is 72.1 Å². The Kier molecular flexibility index (Phi) is 6.10. The van der Waals surface area contributed by atoms with E-state index in [2.05, 4.69) is 29.1 Å². The fraction of sp³-hybridized carbons (Fsp3) is 0.562. The van der Waals surface area contributed by atoms with Gasteiger partial charge in [-0.15, -0.1) is 0 Å². The van der Waals surface area contributed by atoms with Gasteiger partial charge >= 0.3 is 0 Å². The van der Waals surface area contributed by atoms with Crippen LogP contribution >= 0.6 is 11.6 Å². The van der Waals surface area contributed by atoms with E-state index in [4.69, 9.17) is 26.8 Å². The predicted octanol–water partition coefficient (Wildman–Crippen LogP) is 2.19. The van der Waals surface area contributed by atoms with Crippen LogP contribution < -0.4 is 15.8 Å². The second-order valence-corrected chi connectivity index (χ2v) is 6.49. The number of anilines is 1. The fourth-order valence-electron chi connectivity index (χ4n) is 2.48. The first-order chi connectivity index (χ1) is 10.9. The number of hydrogen-bond acceptors (Lipinski definition) is 4. The molecule has 0 saturated carbocycles. The normalized spacial score (nSPS) is 17.1. The largest absolute Gasteiger partial charge is 0.495 e. The number of hydrogen-bond donors (Lipinski definition) is 2. The van der Waals surface area contributed by atoms with Crippen molar-refractivity contribution in [3.05, 3.63) is 23.2 Å². The molecule has 1 aromatic carbocycles. The van der Waals surface area contributed by atoms with Crippen molar-refractivity contribution in [3.8, 4) is 5.75 Å². The minimum absolute atomic E-state index is 0.0619. The van der Waals surface area contributed by atoms with Crippen molar-refractivity contribution in [2.75, 3.05) is 45.3 Å². The van der Waals surface area contributed by atoms with Crippen LogP contribution in [0.25, 0.3) is 0 Å². The molecule has 0 aliphatic carbocycles. The number of morpholine rings is 1. The SMILES string of the molecule is COc1ccc(NC(N)=NCC(C)(C)N2CCOCC2)cc1Cl. The summed E-state index contributed by atoms with van der Waals surface area (Å²) in [5, 5.41) is 3.58. The van der Waals surface area contributed by atoms with Gasteiger partial charge in [0.15, 0.2) is 5.96 Å². The van der Waals surface area contributed by atoms with Crippen LogP contribution in [-0.4, -0.2) is 56.4 Å². The molecule has 1 aromatic rings. The summed E-state index contributed by atoms with van der Waals surface area (Å²) >= 11 is 6.10. The minimum Gasteiger partial charge on any atom is -0.495 e. The lowest BCUT2D eigenvalue weighted by Gasteiger charge is -2.39. The lowest BCUT2D eigenvalue weighted by molar-refractivity contribution is -0.00680. The Balaban J connectivity index is 1.95. The first-order valence-corrected chi connectivity index (χ1v) is 8.03. The van der Waals surface area contributed by atoms with Crippen LogP contribution in [0.4, 0.5) is 5.69 Å². The van der Waals surface area contributed by atoms with Crippen molar-refractivity contribution in [1.29, 1.82) is 0 Å². The molecule has 2 rings (SSSR count). The maximum Gasteiger partial charge on any atom is 0.193 e. The smallest absolute Gasteiger partial charge is 0.193 e. The highest BCUT2D eigenvalue weighted by molar-refractivity contribution is 6.32. The summed E-state index contributed by atoms with van der Waals surface area (Å²) in [5.41, 5.74) is 6.70. The standard InChI is InChI=1S/C16H25ClN4O2/c1-16(2,21-6-8-23-9-7-21)11-19-15(18)20-12-4-5-14(22-3)13(17)10-12/h4-5,10H,6-9,11H2,1-3H3,(H3,18,19,20). The molecule has 0 bridgehead atoms. The zero-order valence-electron chi connectivity index (χ0n) is 13.9. The lowest BCUT2D eigenvalue weighted by Crippen LogP contribution is -2.51. The van der Waals surface area contributed by atoms with Crippen LogP contribution in [0.1, 0.15) is 13.8 Å². The van der Waals surface area contributed by atoms with Crippen LogP contribution in [0.2, 0.25) is 5.02 Å². The molecule has 1 aliphatic rings. The summed E-state index contributed by atoms with van der Waals surface area (Å²) in [6.07, 6.45) is 0. The van der Waals surface area contributed by atoms with E-state index in [-0.39, 0.29) is 5.54 Å². The minimum atomic E-state index is -0.0619. The van der Waals surface area contributed by atoms with Crippen LogP contribution in [0.3, 0.4) is 0 Å². The molecule has 1 heterocycles. The third-order valence-corrected chi connectivity index (χ3v) is 4.22. The molecular weight excluding hydrogens is 316 g/mol. The quantitative estimate of drug-likeness (QED) is 0.635. The summed E-state index contributed by atoms with van der Waals surface area (Å²) in [7, 11) is 1.58. The van der Waals surface area contributed by atoms with Crippen molar-refractivity contribution in [2.45, 2.75) is 19.4 Å². The first kappa shape index (κ1) is 17.8. The van der Waals surface area contributed by atoms with Gasteiger partial charge in [-0.1, -0.05) is 11.6 Å². The van der Waals surface area contributed by atoms with Gasteiger partial charge in [-0.3, -0.25) is 9.89 Å². The van der Waals surface area contributed by atoms with E-state index in [0.29, 0.717) is 23.3 Å². The lowest BCUT2D eigenvalue weighted by atomic mass is 10.0. The second kappa shape index (κ2) is 7.86. The van der Waals surface area contributed by atoms with Gasteiger partial charge in [-0.2, -0.15) is 0 Å². The van der Waals surface area contributed by atoms with Gasteiger partial charge in [0.05, 0.1) is 31.9 Å². The maximum absolute atomic E-state index is 6.10. The van der Waals surface area contributed by atoms with Gasteiger partial charge in [0.25, 0.3) is 0 Å². The number of nitrogens with zero attached hydrogens (tertiary/aromatic N) is 2. The maximum atomic E-state index is 6.10. The molecule has 0 radical (unpaired) electrons. The predicted molar refractivity (Wildman–Crippen MR) is 94.6 cm³/mol. The third kappa shape index (κ3) is 4.99. The third-order valence-electron chi connectivity index (χ3n) is 3.93. The molecule has 6 nitrogen and oxygen atoms in total. The zero-order valence-corrected chi connectivity index (χ0v) is 14.7. The number of ether oxygens (including phenoxy) is 2. The van der Waals surface area contributed by atoms with E-state index in [9.17, 15) is 0 Å². The van der Waals surface area contributed by atoms with E-state index >= 15 is 0 Å². The molecule has 7 heteroatoms. The monoisotopic (exact) mass is 340 g/mol. The Labute approximate surface area is 142 Å². The molecule has 0 aromatic heterocycles. The van der Waals surface area contributed by atoms with E-state index in [1.54, 1.807) is 19.2 Å². The number of aliphatic imine (C=N–C) groups is 1.